The van der Waals surface area contributed by atoms with E-state index >= 15 is 0 Å². The largest absolute Gasteiger partial charge is 0.481 e. The van der Waals surface area contributed by atoms with Gasteiger partial charge in [0.1, 0.15) is 0 Å². The second-order valence-electron chi connectivity index (χ2n) is 5.11. The minimum absolute atomic E-state index is 0.0104. The van der Waals surface area contributed by atoms with E-state index in [0.717, 1.165) is 0 Å². The van der Waals surface area contributed by atoms with Gasteiger partial charge in [0.2, 0.25) is 0 Å². The average molecular weight is 306 g/mol. The van der Waals surface area contributed by atoms with Crippen LogP contribution < -0.4 is 5.32 Å². The van der Waals surface area contributed by atoms with Gasteiger partial charge in [-0.05, 0) is 19.3 Å². The van der Waals surface area contributed by atoms with Gasteiger partial charge in [0.15, 0.2) is 9.84 Å². The molecule has 0 aromatic heterocycles. The van der Waals surface area contributed by atoms with Crippen molar-refractivity contribution in [1.82, 2.24) is 10.2 Å². The Labute approximate surface area is 119 Å². The van der Waals surface area contributed by atoms with E-state index in [0.29, 0.717) is 32.4 Å². The molecule has 1 aliphatic rings. The van der Waals surface area contributed by atoms with Crippen molar-refractivity contribution >= 4 is 21.8 Å². The molecule has 20 heavy (non-hydrogen) atoms. The molecular weight excluding hydrogens is 284 g/mol. The molecule has 0 radical (unpaired) electrons. The zero-order valence-electron chi connectivity index (χ0n) is 11.7. The zero-order valence-corrected chi connectivity index (χ0v) is 12.5. The predicted octanol–water partition coefficient (Wildman–Crippen LogP) is 0.317. The number of carbonyl (C=O) groups is 2. The minimum Gasteiger partial charge on any atom is -0.481 e. The number of carboxylic acid groups (broad SMARTS) is 1. The molecule has 1 unspecified atom stereocenters. The number of aliphatic carboxylic acids is 1. The van der Waals surface area contributed by atoms with Crippen molar-refractivity contribution in [3.8, 4) is 0 Å². The van der Waals surface area contributed by atoms with Crippen LogP contribution in [0.3, 0.4) is 0 Å². The number of amides is 2. The normalized spacial score (nSPS) is 19.9. The molecule has 0 aromatic rings. The molecule has 1 saturated heterocycles. The minimum atomic E-state index is -3.02. The Morgan fingerprint density at radius 2 is 2.00 bits per heavy atom. The molecule has 1 aliphatic heterocycles. The van der Waals surface area contributed by atoms with Crippen molar-refractivity contribution < 1.29 is 23.1 Å². The van der Waals surface area contributed by atoms with E-state index in [4.69, 9.17) is 5.11 Å². The molecule has 0 saturated carbocycles. The molecule has 1 fully saturated rings. The lowest BCUT2D eigenvalue weighted by molar-refractivity contribution is -0.141. The van der Waals surface area contributed by atoms with Crippen LogP contribution in [-0.4, -0.2) is 61.6 Å². The molecule has 0 spiro atoms. The third-order valence-electron chi connectivity index (χ3n) is 3.35. The van der Waals surface area contributed by atoms with Crippen molar-refractivity contribution in [2.75, 3.05) is 31.1 Å². The first kappa shape index (κ1) is 16.7. The number of urea groups is 1. The molecule has 2 N–H and O–H groups in total. The topological polar surface area (TPSA) is 104 Å². The summed E-state index contributed by atoms with van der Waals surface area (Å²) in [5.74, 6) is -1.12. The monoisotopic (exact) mass is 306 g/mol. The molecule has 7 nitrogen and oxygen atoms in total. The highest BCUT2D eigenvalue weighted by Crippen LogP contribution is 2.06. The van der Waals surface area contributed by atoms with Crippen LogP contribution in [0.25, 0.3) is 0 Å². The number of rotatable bonds is 5. The fraction of sp³-hybridized carbons (Fsp3) is 0.833. The number of carboxylic acids is 1. The fourth-order valence-corrected chi connectivity index (χ4v) is 3.25. The summed E-state index contributed by atoms with van der Waals surface area (Å²) in [7, 11) is -3.02. The van der Waals surface area contributed by atoms with Gasteiger partial charge in [-0.2, -0.15) is 0 Å². The van der Waals surface area contributed by atoms with Crippen molar-refractivity contribution in [3.63, 3.8) is 0 Å². The quantitative estimate of drug-likeness (QED) is 0.712. The second-order valence-corrected chi connectivity index (χ2v) is 7.41. The summed E-state index contributed by atoms with van der Waals surface area (Å²) in [5.41, 5.74) is 0. The Kier molecular flexibility index (Phi) is 6.25. The summed E-state index contributed by atoms with van der Waals surface area (Å²) in [6.45, 7) is 2.69. The van der Waals surface area contributed by atoms with E-state index in [2.05, 4.69) is 5.32 Å². The van der Waals surface area contributed by atoms with E-state index in [-0.39, 0.29) is 24.1 Å². The van der Waals surface area contributed by atoms with Gasteiger partial charge in [-0.25, -0.2) is 13.2 Å². The molecule has 1 heterocycles. The summed E-state index contributed by atoms with van der Waals surface area (Å²) >= 11 is 0. The number of hydrogen-bond acceptors (Lipinski definition) is 4. The van der Waals surface area contributed by atoms with Crippen LogP contribution >= 0.6 is 0 Å². The SMILES string of the molecule is CC(CCCNC(=O)N1CCCS(=O)(=O)CC1)C(=O)O. The first-order valence-electron chi connectivity index (χ1n) is 6.78. The Bertz CT molecular complexity index is 449. The van der Waals surface area contributed by atoms with Gasteiger partial charge in [0.25, 0.3) is 0 Å². The fourth-order valence-electron chi connectivity index (χ4n) is 1.98. The third-order valence-corrected chi connectivity index (χ3v) is 5.07. The van der Waals surface area contributed by atoms with Gasteiger partial charge >= 0.3 is 12.0 Å². The Hall–Kier alpha value is -1.31. The summed E-state index contributed by atoms with van der Waals surface area (Å²) in [6.07, 6.45) is 1.56. The number of carbonyl (C=O) groups excluding carboxylic acids is 1. The predicted molar refractivity (Wildman–Crippen MR) is 74.3 cm³/mol. The van der Waals surface area contributed by atoms with E-state index in [9.17, 15) is 18.0 Å². The second kappa shape index (κ2) is 7.47. The van der Waals surface area contributed by atoms with Crippen LogP contribution in [0.2, 0.25) is 0 Å². The van der Waals surface area contributed by atoms with Gasteiger partial charge in [-0.1, -0.05) is 6.92 Å². The van der Waals surface area contributed by atoms with Crippen LogP contribution in [0.1, 0.15) is 26.2 Å². The van der Waals surface area contributed by atoms with Gasteiger partial charge in [-0.15, -0.1) is 0 Å². The zero-order chi connectivity index (χ0) is 15.2. The van der Waals surface area contributed by atoms with Gasteiger partial charge in [0, 0.05) is 19.6 Å². The number of nitrogens with zero attached hydrogens (tertiary/aromatic N) is 1. The lowest BCUT2D eigenvalue weighted by atomic mass is 10.1. The maximum absolute atomic E-state index is 11.8. The molecule has 0 aromatic carbocycles. The standard InChI is InChI=1S/C12H22N2O5S/c1-10(11(15)16)4-2-5-13-12(17)14-6-3-8-20(18,19)9-7-14/h10H,2-9H2,1H3,(H,13,17)(H,15,16). The molecule has 2 amide bonds. The van der Waals surface area contributed by atoms with Gasteiger partial charge in [-0.3, -0.25) is 4.79 Å². The lowest BCUT2D eigenvalue weighted by Crippen LogP contribution is -2.41. The lowest BCUT2D eigenvalue weighted by Gasteiger charge is -2.20. The smallest absolute Gasteiger partial charge is 0.317 e. The highest BCUT2D eigenvalue weighted by atomic mass is 32.2. The van der Waals surface area contributed by atoms with Crippen molar-refractivity contribution in [1.29, 1.82) is 0 Å². The summed E-state index contributed by atoms with van der Waals surface area (Å²) in [4.78, 5) is 24.0. The van der Waals surface area contributed by atoms with E-state index in [1.165, 1.54) is 4.90 Å². The van der Waals surface area contributed by atoms with E-state index in [1.54, 1.807) is 6.92 Å². The first-order valence-corrected chi connectivity index (χ1v) is 8.60. The van der Waals surface area contributed by atoms with E-state index in [1.807, 2.05) is 0 Å². The highest BCUT2D eigenvalue weighted by Gasteiger charge is 2.22. The summed E-state index contributed by atoms with van der Waals surface area (Å²) < 4.78 is 22.8. The summed E-state index contributed by atoms with van der Waals surface area (Å²) in [6, 6.07) is -0.273. The van der Waals surface area contributed by atoms with Gasteiger partial charge < -0.3 is 15.3 Å². The molecule has 8 heteroatoms. The molecular formula is C12H22N2O5S. The van der Waals surface area contributed by atoms with Crippen molar-refractivity contribution in [3.05, 3.63) is 0 Å². The third kappa shape index (κ3) is 5.77. The van der Waals surface area contributed by atoms with Crippen LogP contribution in [0, 0.1) is 5.92 Å². The van der Waals surface area contributed by atoms with Crippen molar-refractivity contribution in [2.45, 2.75) is 26.2 Å². The van der Waals surface area contributed by atoms with E-state index < -0.39 is 21.7 Å². The molecule has 116 valence electrons. The molecule has 1 atom stereocenters. The van der Waals surface area contributed by atoms with Crippen LogP contribution in [0.15, 0.2) is 0 Å². The molecule has 0 bridgehead atoms. The Morgan fingerprint density at radius 1 is 1.30 bits per heavy atom. The number of nitrogens with one attached hydrogen (secondary N) is 1. The number of sulfone groups is 1. The maximum atomic E-state index is 11.8. The Morgan fingerprint density at radius 3 is 2.65 bits per heavy atom. The average Bonchev–Trinajstić information content (AvgIpc) is 2.55. The highest BCUT2D eigenvalue weighted by molar-refractivity contribution is 7.91. The maximum Gasteiger partial charge on any atom is 0.317 e. The van der Waals surface area contributed by atoms with Gasteiger partial charge in [0.05, 0.1) is 17.4 Å². The molecule has 1 rings (SSSR count). The van der Waals surface area contributed by atoms with Crippen LogP contribution in [-0.2, 0) is 14.6 Å². The Balaban J connectivity index is 2.27. The van der Waals surface area contributed by atoms with Crippen molar-refractivity contribution in [2.24, 2.45) is 5.92 Å². The number of hydrogen-bond donors (Lipinski definition) is 2. The summed E-state index contributed by atoms with van der Waals surface area (Å²) in [5, 5.41) is 11.4. The first-order chi connectivity index (χ1) is 9.32. The van der Waals surface area contributed by atoms with Crippen LogP contribution in [0.4, 0.5) is 4.79 Å². The molecule has 0 aliphatic carbocycles. The van der Waals surface area contributed by atoms with Crippen LogP contribution in [0.5, 0.6) is 0 Å².